The van der Waals surface area contributed by atoms with E-state index in [0.29, 0.717) is 41.2 Å². The zero-order valence-corrected chi connectivity index (χ0v) is 19.7. The lowest BCUT2D eigenvalue weighted by Gasteiger charge is -2.18. The number of nitrogens with one attached hydrogen (secondary N) is 1. The highest BCUT2D eigenvalue weighted by molar-refractivity contribution is 6.04. The fraction of sp³-hybridized carbons (Fsp3) is 0.280. The van der Waals surface area contributed by atoms with Gasteiger partial charge >= 0.3 is 12.2 Å². The van der Waals surface area contributed by atoms with Crippen LogP contribution in [0.1, 0.15) is 31.0 Å². The zero-order valence-electron chi connectivity index (χ0n) is 19.7. The number of benzene rings is 2. The van der Waals surface area contributed by atoms with Crippen molar-refractivity contribution in [2.24, 2.45) is 0 Å². The highest BCUT2D eigenvalue weighted by Crippen LogP contribution is 2.36. The summed E-state index contributed by atoms with van der Waals surface area (Å²) >= 11 is 0. The standard InChI is InChI=1S/C25H24F3N7O/c1-14(2)35-23-20(22(29)30-13-31-23)21(33-35)17-5-8-19-16(11-17)9-10-34(19)24(36)32-18-6-3-15(4-7-18)12-25(26,27)28/h3-8,11,13-14H,9-10,12H2,1-2H3,(H,32,36)(H2,29,30,31). The van der Waals surface area contributed by atoms with Crippen molar-refractivity contribution in [3.8, 4) is 11.3 Å². The molecule has 8 nitrogen and oxygen atoms in total. The van der Waals surface area contributed by atoms with Crippen LogP contribution in [0.25, 0.3) is 22.3 Å². The number of alkyl halides is 3. The van der Waals surface area contributed by atoms with Gasteiger partial charge in [-0.3, -0.25) is 4.90 Å². The first-order chi connectivity index (χ1) is 17.1. The Labute approximate surface area is 204 Å². The molecule has 11 heteroatoms. The fourth-order valence-electron chi connectivity index (χ4n) is 4.45. The lowest BCUT2D eigenvalue weighted by Crippen LogP contribution is -2.33. The summed E-state index contributed by atoms with van der Waals surface area (Å²) in [6, 6.07) is 11.1. The van der Waals surface area contributed by atoms with Crippen molar-refractivity contribution in [1.29, 1.82) is 0 Å². The van der Waals surface area contributed by atoms with E-state index in [1.807, 2.05) is 36.7 Å². The molecule has 0 saturated carbocycles. The number of rotatable bonds is 4. The Morgan fingerprint density at radius 1 is 1.14 bits per heavy atom. The number of aromatic nitrogens is 4. The summed E-state index contributed by atoms with van der Waals surface area (Å²) in [5.74, 6) is 0.352. The SMILES string of the molecule is CC(C)n1nc(-c2ccc3c(c2)CCN3C(=O)Nc2ccc(CC(F)(F)F)cc2)c2c(N)ncnc21. The molecule has 186 valence electrons. The third-order valence-corrected chi connectivity index (χ3v) is 6.11. The van der Waals surface area contributed by atoms with Gasteiger partial charge in [-0.1, -0.05) is 18.2 Å². The van der Waals surface area contributed by atoms with E-state index in [1.165, 1.54) is 30.6 Å². The van der Waals surface area contributed by atoms with Gasteiger partial charge in [-0.25, -0.2) is 19.4 Å². The number of hydrogen-bond donors (Lipinski definition) is 2. The summed E-state index contributed by atoms with van der Waals surface area (Å²) < 4.78 is 39.5. The Hall–Kier alpha value is -4.15. The minimum Gasteiger partial charge on any atom is -0.383 e. The van der Waals surface area contributed by atoms with Crippen LogP contribution in [0.3, 0.4) is 0 Å². The molecule has 1 aliphatic heterocycles. The number of hydrogen-bond acceptors (Lipinski definition) is 5. The first-order valence-corrected chi connectivity index (χ1v) is 11.5. The quantitative estimate of drug-likeness (QED) is 0.397. The monoisotopic (exact) mass is 495 g/mol. The molecule has 36 heavy (non-hydrogen) atoms. The van der Waals surface area contributed by atoms with Crippen LogP contribution >= 0.6 is 0 Å². The van der Waals surface area contributed by atoms with Crippen molar-refractivity contribution >= 4 is 34.3 Å². The maximum Gasteiger partial charge on any atom is 0.393 e. The van der Waals surface area contributed by atoms with E-state index in [9.17, 15) is 18.0 Å². The van der Waals surface area contributed by atoms with Crippen molar-refractivity contribution < 1.29 is 18.0 Å². The molecule has 0 fully saturated rings. The number of nitrogens with zero attached hydrogens (tertiary/aromatic N) is 5. The van der Waals surface area contributed by atoms with E-state index in [0.717, 1.165) is 16.8 Å². The van der Waals surface area contributed by atoms with Gasteiger partial charge in [0.1, 0.15) is 17.8 Å². The summed E-state index contributed by atoms with van der Waals surface area (Å²) in [6.07, 6.45) is -3.21. The Morgan fingerprint density at radius 2 is 1.89 bits per heavy atom. The molecule has 0 aliphatic carbocycles. The van der Waals surface area contributed by atoms with E-state index in [1.54, 1.807) is 4.90 Å². The largest absolute Gasteiger partial charge is 0.393 e. The van der Waals surface area contributed by atoms with Gasteiger partial charge in [0, 0.05) is 29.5 Å². The normalized spacial score (nSPS) is 13.4. The molecule has 2 aromatic carbocycles. The number of nitrogen functional groups attached to an aromatic ring is 1. The van der Waals surface area contributed by atoms with E-state index in [2.05, 4.69) is 15.3 Å². The number of carbonyl (C=O) groups excluding carboxylic acids is 1. The summed E-state index contributed by atoms with van der Waals surface area (Å²) in [5.41, 5.74) is 10.7. The summed E-state index contributed by atoms with van der Waals surface area (Å²) in [4.78, 5) is 23.1. The highest BCUT2D eigenvalue weighted by Gasteiger charge is 2.28. The second-order valence-electron chi connectivity index (χ2n) is 9.01. The summed E-state index contributed by atoms with van der Waals surface area (Å²) in [6.45, 7) is 4.50. The highest BCUT2D eigenvalue weighted by atomic mass is 19.4. The van der Waals surface area contributed by atoms with Crippen LogP contribution in [0, 0.1) is 0 Å². The molecule has 0 radical (unpaired) electrons. The van der Waals surface area contributed by atoms with Crippen molar-refractivity contribution in [3.05, 3.63) is 59.9 Å². The van der Waals surface area contributed by atoms with Gasteiger partial charge in [0.05, 0.1) is 11.8 Å². The molecule has 3 N–H and O–H groups in total. The molecule has 0 saturated heterocycles. The predicted octanol–water partition coefficient (Wildman–Crippen LogP) is 5.36. The van der Waals surface area contributed by atoms with Gasteiger partial charge < -0.3 is 11.1 Å². The van der Waals surface area contributed by atoms with Crippen LogP contribution in [-0.2, 0) is 12.8 Å². The Bertz CT molecular complexity index is 1440. The molecular formula is C25H24F3N7O. The molecule has 2 aromatic heterocycles. The first-order valence-electron chi connectivity index (χ1n) is 11.5. The molecule has 0 unspecified atom stereocenters. The van der Waals surface area contributed by atoms with Crippen molar-refractivity contribution in [2.45, 2.75) is 38.9 Å². The summed E-state index contributed by atoms with van der Waals surface area (Å²) in [5, 5.41) is 8.21. The number of urea groups is 1. The molecule has 4 aromatic rings. The van der Waals surface area contributed by atoms with Crippen molar-refractivity contribution in [3.63, 3.8) is 0 Å². The molecule has 0 bridgehead atoms. The smallest absolute Gasteiger partial charge is 0.383 e. The van der Waals surface area contributed by atoms with Crippen molar-refractivity contribution in [1.82, 2.24) is 19.7 Å². The first kappa shape index (κ1) is 23.6. The summed E-state index contributed by atoms with van der Waals surface area (Å²) in [7, 11) is 0. The van der Waals surface area contributed by atoms with Crippen LogP contribution < -0.4 is 16.0 Å². The average molecular weight is 496 g/mol. The second-order valence-corrected chi connectivity index (χ2v) is 9.01. The van der Waals surface area contributed by atoms with Crippen LogP contribution in [-0.4, -0.2) is 38.5 Å². The molecule has 0 atom stereocenters. The minimum absolute atomic E-state index is 0.0756. The molecule has 0 spiro atoms. The third kappa shape index (κ3) is 4.43. The average Bonchev–Trinajstić information content (AvgIpc) is 3.42. The van der Waals surface area contributed by atoms with Crippen LogP contribution in [0.4, 0.5) is 35.2 Å². The molecule has 1 aliphatic rings. The van der Waals surface area contributed by atoms with Gasteiger partial charge in [-0.15, -0.1) is 0 Å². The molecular weight excluding hydrogens is 471 g/mol. The third-order valence-electron chi connectivity index (χ3n) is 6.11. The Morgan fingerprint density at radius 3 is 2.58 bits per heavy atom. The lowest BCUT2D eigenvalue weighted by molar-refractivity contribution is -0.127. The molecule has 5 rings (SSSR count). The van der Waals surface area contributed by atoms with Gasteiger partial charge in [-0.2, -0.15) is 18.3 Å². The topological polar surface area (TPSA) is 102 Å². The van der Waals surface area contributed by atoms with Gasteiger partial charge in [0.25, 0.3) is 0 Å². The number of anilines is 3. The fourth-order valence-corrected chi connectivity index (χ4v) is 4.45. The predicted molar refractivity (Wildman–Crippen MR) is 132 cm³/mol. The number of carbonyl (C=O) groups is 1. The van der Waals surface area contributed by atoms with Gasteiger partial charge in [-0.05, 0) is 55.7 Å². The number of halogens is 3. The Kier molecular flexibility index (Phi) is 5.77. The van der Waals surface area contributed by atoms with E-state index < -0.39 is 12.6 Å². The minimum atomic E-state index is -4.28. The Balaban J connectivity index is 1.38. The second kappa shape index (κ2) is 8.81. The lowest BCUT2D eigenvalue weighted by atomic mass is 10.0. The van der Waals surface area contributed by atoms with E-state index in [4.69, 9.17) is 10.8 Å². The number of fused-ring (bicyclic) bond motifs is 2. The maximum absolute atomic E-state index is 12.9. The molecule has 2 amide bonds. The van der Waals surface area contributed by atoms with E-state index in [-0.39, 0.29) is 17.6 Å². The zero-order chi connectivity index (χ0) is 25.6. The number of nitrogens with two attached hydrogens (primary N) is 1. The van der Waals surface area contributed by atoms with Crippen LogP contribution in [0.5, 0.6) is 0 Å². The van der Waals surface area contributed by atoms with Crippen LogP contribution in [0.15, 0.2) is 48.8 Å². The van der Waals surface area contributed by atoms with Crippen LogP contribution in [0.2, 0.25) is 0 Å². The molecule has 3 heterocycles. The number of amides is 2. The maximum atomic E-state index is 12.9. The van der Waals surface area contributed by atoms with E-state index >= 15 is 0 Å². The van der Waals surface area contributed by atoms with Crippen molar-refractivity contribution in [2.75, 3.05) is 22.5 Å². The van der Waals surface area contributed by atoms with Gasteiger partial charge in [0.2, 0.25) is 0 Å². The van der Waals surface area contributed by atoms with Gasteiger partial charge in [0.15, 0.2) is 5.65 Å².